The Morgan fingerprint density at radius 1 is 1.47 bits per heavy atom. The van der Waals surface area contributed by atoms with Crippen LogP contribution in [0.1, 0.15) is 37.4 Å². The number of rotatable bonds is 0. The molecule has 78 valence electrons. The molecular weight excluding hydrogens is 186 g/mol. The van der Waals surface area contributed by atoms with Crippen molar-refractivity contribution < 1.29 is 0 Å². The van der Waals surface area contributed by atoms with Crippen LogP contribution in [0.15, 0.2) is 18.5 Å². The number of aromatic nitrogens is 2. The Labute approximate surface area is 88.7 Å². The van der Waals surface area contributed by atoms with Crippen LogP contribution < -0.4 is 5.73 Å². The molecule has 3 rings (SSSR count). The number of H-pyrrole nitrogens is 1. The van der Waals surface area contributed by atoms with E-state index < -0.39 is 0 Å². The van der Waals surface area contributed by atoms with Gasteiger partial charge in [0, 0.05) is 6.04 Å². The van der Waals surface area contributed by atoms with Crippen LogP contribution in [0, 0.1) is 0 Å². The molecule has 0 amide bonds. The number of imidazole rings is 1. The second-order valence-corrected chi connectivity index (χ2v) is 5.05. The first kappa shape index (κ1) is 8.92. The summed E-state index contributed by atoms with van der Waals surface area (Å²) in [6, 6.07) is 4.49. The standard InChI is InChI=1S/C12H15N3/c1-12(2)5-9(13)7-3-10-11(4-8(7)12)15-6-14-10/h3-4,6,9H,5,13H2,1-2H3,(H,14,15)/t9-/m0/s1. The van der Waals surface area contributed by atoms with Crippen LogP contribution in [-0.2, 0) is 5.41 Å². The van der Waals surface area contributed by atoms with Crippen LogP contribution in [0.25, 0.3) is 11.0 Å². The fourth-order valence-corrected chi connectivity index (χ4v) is 2.66. The van der Waals surface area contributed by atoms with E-state index in [-0.39, 0.29) is 11.5 Å². The van der Waals surface area contributed by atoms with Gasteiger partial charge in [0.05, 0.1) is 17.4 Å². The summed E-state index contributed by atoms with van der Waals surface area (Å²) in [5, 5.41) is 0. The van der Waals surface area contributed by atoms with E-state index in [2.05, 4.69) is 35.9 Å². The minimum Gasteiger partial charge on any atom is -0.345 e. The lowest BCUT2D eigenvalue weighted by molar-refractivity contribution is 0.481. The molecule has 1 aliphatic carbocycles. The van der Waals surface area contributed by atoms with Gasteiger partial charge in [-0.15, -0.1) is 0 Å². The van der Waals surface area contributed by atoms with Crippen molar-refractivity contribution >= 4 is 11.0 Å². The van der Waals surface area contributed by atoms with E-state index in [1.54, 1.807) is 6.33 Å². The van der Waals surface area contributed by atoms with Crippen LogP contribution in [0.4, 0.5) is 0 Å². The molecule has 0 bridgehead atoms. The summed E-state index contributed by atoms with van der Waals surface area (Å²) < 4.78 is 0. The van der Waals surface area contributed by atoms with Gasteiger partial charge < -0.3 is 10.7 Å². The lowest BCUT2D eigenvalue weighted by Gasteiger charge is -2.18. The predicted molar refractivity (Wildman–Crippen MR) is 60.7 cm³/mol. The molecule has 0 aliphatic heterocycles. The van der Waals surface area contributed by atoms with Crippen LogP contribution in [0.3, 0.4) is 0 Å². The topological polar surface area (TPSA) is 54.7 Å². The van der Waals surface area contributed by atoms with Crippen molar-refractivity contribution in [3.8, 4) is 0 Å². The highest BCUT2D eigenvalue weighted by molar-refractivity contribution is 5.77. The Morgan fingerprint density at radius 3 is 3.07 bits per heavy atom. The fourth-order valence-electron chi connectivity index (χ4n) is 2.66. The zero-order valence-electron chi connectivity index (χ0n) is 9.04. The molecular formula is C12H15N3. The quantitative estimate of drug-likeness (QED) is 0.686. The number of nitrogens with two attached hydrogens (primary N) is 1. The van der Waals surface area contributed by atoms with E-state index in [9.17, 15) is 0 Å². The van der Waals surface area contributed by atoms with Gasteiger partial charge in [-0.3, -0.25) is 0 Å². The minimum atomic E-state index is 0.169. The number of benzene rings is 1. The molecule has 0 radical (unpaired) electrons. The third kappa shape index (κ3) is 1.13. The molecule has 2 aromatic rings. The SMILES string of the molecule is CC1(C)C[C@H](N)c2cc3[nH]cnc3cc21. The van der Waals surface area contributed by atoms with E-state index in [0.717, 1.165) is 17.5 Å². The number of nitrogens with zero attached hydrogens (tertiary/aromatic N) is 1. The first-order valence-electron chi connectivity index (χ1n) is 5.31. The van der Waals surface area contributed by atoms with E-state index in [1.165, 1.54) is 11.1 Å². The molecule has 1 atom stereocenters. The van der Waals surface area contributed by atoms with Gasteiger partial charge in [-0.1, -0.05) is 13.8 Å². The zero-order chi connectivity index (χ0) is 10.6. The number of aromatic amines is 1. The van der Waals surface area contributed by atoms with Gasteiger partial charge in [0.2, 0.25) is 0 Å². The molecule has 3 nitrogen and oxygen atoms in total. The van der Waals surface area contributed by atoms with Gasteiger partial charge >= 0.3 is 0 Å². The number of hydrogen-bond acceptors (Lipinski definition) is 2. The van der Waals surface area contributed by atoms with Crippen molar-refractivity contribution in [3.05, 3.63) is 29.6 Å². The highest BCUT2D eigenvalue weighted by atomic mass is 14.9. The number of hydrogen-bond donors (Lipinski definition) is 2. The van der Waals surface area contributed by atoms with Crippen molar-refractivity contribution in [2.24, 2.45) is 5.73 Å². The molecule has 1 aromatic carbocycles. The second kappa shape index (κ2) is 2.61. The molecule has 3 heteroatoms. The third-order valence-electron chi connectivity index (χ3n) is 3.45. The summed E-state index contributed by atoms with van der Waals surface area (Å²) in [6.07, 6.45) is 2.76. The average Bonchev–Trinajstić information content (AvgIpc) is 2.68. The van der Waals surface area contributed by atoms with Gasteiger partial charge in [0.1, 0.15) is 0 Å². The van der Waals surface area contributed by atoms with Gasteiger partial charge in [-0.25, -0.2) is 4.98 Å². The van der Waals surface area contributed by atoms with E-state index in [0.29, 0.717) is 0 Å². The Balaban J connectivity index is 2.34. The van der Waals surface area contributed by atoms with Crippen molar-refractivity contribution in [3.63, 3.8) is 0 Å². The van der Waals surface area contributed by atoms with Crippen LogP contribution in [0.5, 0.6) is 0 Å². The smallest absolute Gasteiger partial charge is 0.0931 e. The van der Waals surface area contributed by atoms with E-state index in [1.807, 2.05) is 0 Å². The largest absolute Gasteiger partial charge is 0.345 e. The van der Waals surface area contributed by atoms with Gasteiger partial charge in [0.15, 0.2) is 0 Å². The van der Waals surface area contributed by atoms with E-state index in [4.69, 9.17) is 5.73 Å². The Hall–Kier alpha value is -1.35. The Bertz CT molecular complexity index is 525. The zero-order valence-corrected chi connectivity index (χ0v) is 9.04. The summed E-state index contributed by atoms with van der Waals surface area (Å²) in [5.41, 5.74) is 11.1. The molecule has 0 saturated carbocycles. The first-order chi connectivity index (χ1) is 7.08. The molecule has 1 heterocycles. The summed E-state index contributed by atoms with van der Waals surface area (Å²) in [6.45, 7) is 4.49. The first-order valence-corrected chi connectivity index (χ1v) is 5.31. The molecule has 0 spiro atoms. The highest BCUT2D eigenvalue weighted by Crippen LogP contribution is 2.44. The van der Waals surface area contributed by atoms with E-state index >= 15 is 0 Å². The second-order valence-electron chi connectivity index (χ2n) is 5.05. The predicted octanol–water partition coefficient (Wildman–Crippen LogP) is 2.24. The van der Waals surface area contributed by atoms with Gasteiger partial charge in [-0.05, 0) is 35.1 Å². The maximum absolute atomic E-state index is 6.15. The summed E-state index contributed by atoms with van der Waals surface area (Å²) in [5.74, 6) is 0. The maximum Gasteiger partial charge on any atom is 0.0931 e. The molecule has 3 N–H and O–H groups in total. The number of fused-ring (bicyclic) bond motifs is 2. The molecule has 0 unspecified atom stereocenters. The molecule has 1 aromatic heterocycles. The summed E-state index contributed by atoms with van der Waals surface area (Å²) in [7, 11) is 0. The summed E-state index contributed by atoms with van der Waals surface area (Å²) >= 11 is 0. The lowest BCUT2D eigenvalue weighted by atomic mass is 9.86. The van der Waals surface area contributed by atoms with Crippen LogP contribution >= 0.6 is 0 Å². The molecule has 15 heavy (non-hydrogen) atoms. The Morgan fingerprint density at radius 2 is 2.27 bits per heavy atom. The lowest BCUT2D eigenvalue weighted by Crippen LogP contribution is -2.14. The molecule has 0 saturated heterocycles. The summed E-state index contributed by atoms with van der Waals surface area (Å²) in [4.78, 5) is 7.42. The van der Waals surface area contributed by atoms with Crippen LogP contribution in [-0.4, -0.2) is 9.97 Å². The van der Waals surface area contributed by atoms with Crippen LogP contribution in [0.2, 0.25) is 0 Å². The minimum absolute atomic E-state index is 0.169. The fraction of sp³-hybridized carbons (Fsp3) is 0.417. The molecule has 0 fully saturated rings. The van der Waals surface area contributed by atoms with Crippen molar-refractivity contribution in [1.29, 1.82) is 0 Å². The Kier molecular flexibility index (Phi) is 1.55. The van der Waals surface area contributed by atoms with Gasteiger partial charge in [-0.2, -0.15) is 0 Å². The number of nitrogens with one attached hydrogen (secondary N) is 1. The normalized spacial score (nSPS) is 23.3. The van der Waals surface area contributed by atoms with Crippen molar-refractivity contribution in [2.75, 3.05) is 0 Å². The van der Waals surface area contributed by atoms with Crippen molar-refractivity contribution in [1.82, 2.24) is 9.97 Å². The monoisotopic (exact) mass is 201 g/mol. The highest BCUT2D eigenvalue weighted by Gasteiger charge is 2.35. The average molecular weight is 201 g/mol. The third-order valence-corrected chi connectivity index (χ3v) is 3.45. The van der Waals surface area contributed by atoms with Gasteiger partial charge in [0.25, 0.3) is 0 Å². The molecule has 1 aliphatic rings. The van der Waals surface area contributed by atoms with Crippen molar-refractivity contribution in [2.45, 2.75) is 31.7 Å². The maximum atomic E-state index is 6.15.